The molecular weight excluding hydrogens is 459 g/mol. The minimum Gasteiger partial charge on any atom is -0.481 e. The molecule has 0 spiro atoms. The minimum absolute atomic E-state index is 0.154. The van der Waals surface area contributed by atoms with Crippen LogP contribution in [0.5, 0.6) is 0 Å². The number of anilines is 1. The molecule has 1 saturated heterocycles. The third-order valence-electron chi connectivity index (χ3n) is 6.18. The summed E-state index contributed by atoms with van der Waals surface area (Å²) in [4.78, 5) is 13.8. The lowest BCUT2D eigenvalue weighted by atomic mass is 10.0. The first-order valence-electron chi connectivity index (χ1n) is 10.2. The van der Waals surface area contributed by atoms with E-state index in [1.807, 2.05) is 19.9 Å². The monoisotopic (exact) mass is 482 g/mol. The molecule has 0 aromatic heterocycles. The van der Waals surface area contributed by atoms with E-state index in [9.17, 15) is 18.3 Å². The maximum atomic E-state index is 13.5. The number of aryl methyl sites for hydroxylation is 1. The summed E-state index contributed by atoms with van der Waals surface area (Å²) in [5.41, 5.74) is 2.42. The highest BCUT2D eigenvalue weighted by Crippen LogP contribution is 2.37. The molecule has 1 fully saturated rings. The van der Waals surface area contributed by atoms with Gasteiger partial charge in [-0.05, 0) is 68.1 Å². The van der Waals surface area contributed by atoms with E-state index >= 15 is 0 Å². The Morgan fingerprint density at radius 2 is 1.71 bits per heavy atom. The predicted octanol–water partition coefficient (Wildman–Crippen LogP) is 4.40. The minimum atomic E-state index is -3.79. The molecule has 4 rings (SSSR count). The van der Waals surface area contributed by atoms with E-state index in [1.165, 1.54) is 4.31 Å². The first-order valence-corrected chi connectivity index (χ1v) is 12.4. The molecule has 166 valence electrons. The molecule has 0 amide bonds. The Bertz CT molecular complexity index is 1130. The number of aliphatic carboxylic acids is 1. The van der Waals surface area contributed by atoms with Crippen LogP contribution in [0.1, 0.15) is 37.3 Å². The Balaban J connectivity index is 1.62. The average molecular weight is 483 g/mol. The van der Waals surface area contributed by atoms with Gasteiger partial charge in [-0.1, -0.05) is 29.3 Å². The Hall–Kier alpha value is -1.80. The number of sulfonamides is 1. The Kier molecular flexibility index (Phi) is 5.98. The highest BCUT2D eigenvalue weighted by atomic mass is 35.5. The van der Waals surface area contributed by atoms with Crippen molar-refractivity contribution in [1.82, 2.24) is 4.31 Å². The molecule has 3 unspecified atom stereocenters. The van der Waals surface area contributed by atoms with Gasteiger partial charge in [-0.2, -0.15) is 4.31 Å². The van der Waals surface area contributed by atoms with Crippen molar-refractivity contribution in [3.05, 3.63) is 57.6 Å². The normalized spacial score (nSPS) is 24.3. The molecule has 6 nitrogen and oxygen atoms in total. The number of hydrogen-bond acceptors (Lipinski definition) is 4. The molecule has 2 aromatic carbocycles. The van der Waals surface area contributed by atoms with Gasteiger partial charge < -0.3 is 10.0 Å². The van der Waals surface area contributed by atoms with Crippen LogP contribution in [0, 0.1) is 0 Å². The number of nitrogens with zero attached hydrogens (tertiary/aromatic N) is 2. The number of carboxylic acid groups (broad SMARTS) is 1. The van der Waals surface area contributed by atoms with Crippen LogP contribution in [0.4, 0.5) is 5.69 Å². The molecule has 1 heterocycles. The lowest BCUT2D eigenvalue weighted by molar-refractivity contribution is -0.138. The predicted molar refractivity (Wildman–Crippen MR) is 122 cm³/mol. The molecule has 3 atom stereocenters. The Morgan fingerprint density at radius 3 is 2.32 bits per heavy atom. The summed E-state index contributed by atoms with van der Waals surface area (Å²) in [6.45, 7) is 4.77. The van der Waals surface area contributed by atoms with E-state index in [0.29, 0.717) is 41.5 Å². The molecule has 0 bridgehead atoms. The van der Waals surface area contributed by atoms with Crippen molar-refractivity contribution in [2.45, 2.75) is 49.6 Å². The van der Waals surface area contributed by atoms with Gasteiger partial charge in [0.2, 0.25) is 10.0 Å². The molecule has 2 aliphatic rings. The maximum absolute atomic E-state index is 13.5. The van der Waals surface area contributed by atoms with Crippen molar-refractivity contribution in [2.24, 2.45) is 0 Å². The lowest BCUT2D eigenvalue weighted by Crippen LogP contribution is -2.58. The average Bonchev–Trinajstić information content (AvgIpc) is 3.13. The number of hydrogen-bond donors (Lipinski definition) is 1. The molecule has 1 N–H and O–H groups in total. The molecule has 9 heteroatoms. The summed E-state index contributed by atoms with van der Waals surface area (Å²) in [5, 5.41) is 10.4. The topological polar surface area (TPSA) is 77.9 Å². The fourth-order valence-electron chi connectivity index (χ4n) is 4.79. The van der Waals surface area contributed by atoms with E-state index in [-0.39, 0.29) is 17.0 Å². The van der Waals surface area contributed by atoms with Crippen molar-refractivity contribution in [3.8, 4) is 0 Å². The second-order valence-corrected chi connectivity index (χ2v) is 11.0. The van der Waals surface area contributed by atoms with Gasteiger partial charge in [-0.25, -0.2) is 8.42 Å². The number of halogens is 2. The molecular formula is C22H24Cl2N2O4S. The van der Waals surface area contributed by atoms with Gasteiger partial charge in [-0.15, -0.1) is 0 Å². The maximum Gasteiger partial charge on any atom is 0.310 e. The molecule has 31 heavy (non-hydrogen) atoms. The molecule has 0 saturated carbocycles. The zero-order valence-corrected chi connectivity index (χ0v) is 19.6. The van der Waals surface area contributed by atoms with Crippen molar-refractivity contribution in [3.63, 3.8) is 0 Å². The van der Waals surface area contributed by atoms with Crippen LogP contribution in [0.2, 0.25) is 10.0 Å². The van der Waals surface area contributed by atoms with E-state index < -0.39 is 21.9 Å². The molecule has 1 aliphatic carbocycles. The molecule has 1 aliphatic heterocycles. The van der Waals surface area contributed by atoms with Crippen LogP contribution in [0.15, 0.2) is 41.3 Å². The first-order chi connectivity index (χ1) is 14.6. The fraction of sp³-hybridized carbons (Fsp3) is 0.409. The Morgan fingerprint density at radius 1 is 1.03 bits per heavy atom. The number of fused-ring (bicyclic) bond motifs is 1. The highest BCUT2D eigenvalue weighted by molar-refractivity contribution is 7.89. The molecule has 2 aromatic rings. The van der Waals surface area contributed by atoms with Crippen molar-refractivity contribution in [2.75, 3.05) is 18.0 Å². The number of piperazine rings is 1. The summed E-state index contributed by atoms with van der Waals surface area (Å²) in [6, 6.07) is 9.75. The standard InChI is InChI=1S/C22H24Cl2N2O4S/c1-13-11-25(16-5-8-20(23)21(24)9-16)12-14(2)26(13)31(29,30)17-6-3-15-4-7-18(22(27)28)19(15)10-17/h3,5-6,8-10,13-14,18H,4,7,11-12H2,1-2H3,(H,27,28). The third-order valence-corrected chi connectivity index (χ3v) is 9.04. The van der Waals surface area contributed by atoms with Crippen LogP contribution in [-0.4, -0.2) is 49.0 Å². The van der Waals surface area contributed by atoms with Crippen molar-refractivity contribution in [1.29, 1.82) is 0 Å². The fourth-order valence-corrected chi connectivity index (χ4v) is 6.93. The van der Waals surface area contributed by atoms with Gasteiger partial charge in [0.1, 0.15) is 0 Å². The van der Waals surface area contributed by atoms with E-state index in [1.54, 1.807) is 30.3 Å². The largest absolute Gasteiger partial charge is 0.481 e. The first kappa shape index (κ1) is 22.4. The quantitative estimate of drug-likeness (QED) is 0.698. The second-order valence-electron chi connectivity index (χ2n) is 8.33. The van der Waals surface area contributed by atoms with E-state index in [0.717, 1.165) is 11.3 Å². The van der Waals surface area contributed by atoms with Crippen LogP contribution in [0.3, 0.4) is 0 Å². The zero-order valence-electron chi connectivity index (χ0n) is 17.3. The van der Waals surface area contributed by atoms with Crippen LogP contribution < -0.4 is 4.90 Å². The summed E-state index contributed by atoms with van der Waals surface area (Å²) in [5.74, 6) is -1.56. The van der Waals surface area contributed by atoms with E-state index in [2.05, 4.69) is 4.90 Å². The number of rotatable bonds is 4. The van der Waals surface area contributed by atoms with Crippen LogP contribution >= 0.6 is 23.2 Å². The van der Waals surface area contributed by atoms with Crippen molar-refractivity contribution < 1.29 is 18.3 Å². The zero-order chi connectivity index (χ0) is 22.5. The number of benzene rings is 2. The van der Waals surface area contributed by atoms with Gasteiger partial charge >= 0.3 is 5.97 Å². The smallest absolute Gasteiger partial charge is 0.310 e. The van der Waals surface area contributed by atoms with Gasteiger partial charge in [-0.3, -0.25) is 4.79 Å². The van der Waals surface area contributed by atoms with E-state index in [4.69, 9.17) is 23.2 Å². The number of carbonyl (C=O) groups is 1. The van der Waals surface area contributed by atoms with Crippen LogP contribution in [-0.2, 0) is 21.2 Å². The highest BCUT2D eigenvalue weighted by Gasteiger charge is 2.39. The summed E-state index contributed by atoms with van der Waals surface area (Å²) >= 11 is 12.2. The number of carboxylic acids is 1. The Labute approximate surface area is 192 Å². The van der Waals surface area contributed by atoms with Gasteiger partial charge in [0.25, 0.3) is 0 Å². The van der Waals surface area contributed by atoms with Crippen molar-refractivity contribution >= 4 is 44.9 Å². The second kappa shape index (κ2) is 8.28. The van der Waals surface area contributed by atoms with Gasteiger partial charge in [0.05, 0.1) is 20.9 Å². The van der Waals surface area contributed by atoms with Gasteiger partial charge in [0.15, 0.2) is 0 Å². The summed E-state index contributed by atoms with van der Waals surface area (Å²) < 4.78 is 28.6. The SMILES string of the molecule is CC1CN(c2ccc(Cl)c(Cl)c2)CC(C)N1S(=O)(=O)c1ccc2c(c1)C(C(=O)O)CC2. The summed E-state index contributed by atoms with van der Waals surface area (Å²) in [6.07, 6.45) is 1.16. The van der Waals surface area contributed by atoms with Gasteiger partial charge in [0, 0.05) is 30.9 Å². The molecule has 0 radical (unpaired) electrons. The van der Waals surface area contributed by atoms with Crippen LogP contribution in [0.25, 0.3) is 0 Å². The summed E-state index contributed by atoms with van der Waals surface area (Å²) in [7, 11) is -3.79. The third kappa shape index (κ3) is 4.04. The lowest BCUT2D eigenvalue weighted by Gasteiger charge is -2.44.